The summed E-state index contributed by atoms with van der Waals surface area (Å²) in [5.74, 6) is -0.553. The first-order chi connectivity index (χ1) is 10.5. The summed E-state index contributed by atoms with van der Waals surface area (Å²) in [4.78, 5) is 23.2. The normalized spacial score (nSPS) is 13.5. The number of aliphatic hydroxyl groups is 2. The highest BCUT2D eigenvalue weighted by Gasteiger charge is 2.18. The molecule has 0 fully saturated rings. The van der Waals surface area contributed by atoms with Crippen LogP contribution in [0.5, 0.6) is 0 Å². The Hall–Kier alpha value is -1.76. The molecule has 122 valence electrons. The predicted octanol–water partition coefficient (Wildman–Crippen LogP) is 0.826. The molecular weight excluding hydrogens is 286 g/mol. The maximum absolute atomic E-state index is 11.9. The Morgan fingerprint density at radius 2 is 1.82 bits per heavy atom. The Morgan fingerprint density at radius 1 is 1.18 bits per heavy atom. The van der Waals surface area contributed by atoms with E-state index in [1.165, 1.54) is 0 Å². The van der Waals surface area contributed by atoms with Gasteiger partial charge in [-0.1, -0.05) is 24.3 Å². The van der Waals surface area contributed by atoms with Gasteiger partial charge in [0, 0.05) is 18.5 Å². The van der Waals surface area contributed by atoms with E-state index < -0.39 is 18.2 Å². The Labute approximate surface area is 130 Å². The zero-order valence-corrected chi connectivity index (χ0v) is 12.9. The van der Waals surface area contributed by atoms with Gasteiger partial charge in [-0.15, -0.1) is 0 Å². The molecule has 6 heteroatoms. The van der Waals surface area contributed by atoms with E-state index in [1.807, 2.05) is 0 Å². The second-order valence-electron chi connectivity index (χ2n) is 4.92. The maximum atomic E-state index is 11.9. The Balaban J connectivity index is 2.60. The number of ketones is 1. The molecule has 0 bridgehead atoms. The van der Waals surface area contributed by atoms with Crippen LogP contribution in [-0.2, 0) is 9.53 Å². The monoisotopic (exact) mass is 309 g/mol. The average molecular weight is 309 g/mol. The van der Waals surface area contributed by atoms with Crippen molar-refractivity contribution in [3.05, 3.63) is 35.4 Å². The van der Waals surface area contributed by atoms with Crippen molar-refractivity contribution in [1.82, 2.24) is 5.32 Å². The Bertz CT molecular complexity index is 486. The summed E-state index contributed by atoms with van der Waals surface area (Å²) in [5.41, 5.74) is 0.994. The molecule has 0 amide bonds. The largest absolute Gasteiger partial charge is 0.466 e. The van der Waals surface area contributed by atoms with Gasteiger partial charge in [0.2, 0.25) is 0 Å². The minimum atomic E-state index is -1.02. The number of carbonyl (C=O) groups is 2. The van der Waals surface area contributed by atoms with Crippen LogP contribution < -0.4 is 5.32 Å². The fraction of sp³-hybridized carbons (Fsp3) is 0.500. The number of benzene rings is 1. The van der Waals surface area contributed by atoms with Gasteiger partial charge < -0.3 is 20.3 Å². The van der Waals surface area contributed by atoms with E-state index in [9.17, 15) is 19.8 Å². The van der Waals surface area contributed by atoms with Gasteiger partial charge in [-0.25, -0.2) is 0 Å². The van der Waals surface area contributed by atoms with Gasteiger partial charge in [-0.05, 0) is 19.5 Å². The van der Waals surface area contributed by atoms with Crippen LogP contribution in [0.15, 0.2) is 24.3 Å². The molecular formula is C16H23NO5. The summed E-state index contributed by atoms with van der Waals surface area (Å²) in [6.45, 7) is 2.28. The second kappa shape index (κ2) is 9.30. The third-order valence-electron chi connectivity index (χ3n) is 3.21. The molecule has 6 nitrogen and oxygen atoms in total. The van der Waals surface area contributed by atoms with Crippen LogP contribution in [0.25, 0.3) is 0 Å². The van der Waals surface area contributed by atoms with E-state index in [0.717, 1.165) is 0 Å². The van der Waals surface area contributed by atoms with Crippen LogP contribution in [0.1, 0.15) is 41.8 Å². The molecule has 0 saturated carbocycles. The van der Waals surface area contributed by atoms with Gasteiger partial charge in [0.1, 0.15) is 6.10 Å². The molecule has 1 aromatic carbocycles. The smallest absolute Gasteiger partial charge is 0.306 e. The van der Waals surface area contributed by atoms with E-state index in [4.69, 9.17) is 4.74 Å². The van der Waals surface area contributed by atoms with Gasteiger partial charge in [0.25, 0.3) is 0 Å². The summed E-state index contributed by atoms with van der Waals surface area (Å²) in [6, 6.07) is 6.36. The number of rotatable bonds is 9. The zero-order valence-electron chi connectivity index (χ0n) is 12.9. The van der Waals surface area contributed by atoms with Crippen LogP contribution in [0.3, 0.4) is 0 Å². The SMILES string of the molecule is CCOC(=O)CCC(=O)c1ccc(C(O)C(O)CNC)cc1. The van der Waals surface area contributed by atoms with Crippen LogP contribution in [0.2, 0.25) is 0 Å². The van der Waals surface area contributed by atoms with Crippen molar-refractivity contribution in [3.63, 3.8) is 0 Å². The van der Waals surface area contributed by atoms with Crippen LogP contribution in [0, 0.1) is 0 Å². The van der Waals surface area contributed by atoms with E-state index in [0.29, 0.717) is 17.7 Å². The lowest BCUT2D eigenvalue weighted by molar-refractivity contribution is -0.143. The van der Waals surface area contributed by atoms with Gasteiger partial charge in [0.05, 0.1) is 19.1 Å². The molecule has 2 atom stereocenters. The Kier molecular flexibility index (Phi) is 7.73. The number of carbonyl (C=O) groups excluding carboxylic acids is 2. The lowest BCUT2D eigenvalue weighted by Gasteiger charge is -2.17. The molecule has 2 unspecified atom stereocenters. The fourth-order valence-electron chi connectivity index (χ4n) is 2.00. The lowest BCUT2D eigenvalue weighted by Crippen LogP contribution is -2.29. The molecule has 0 aliphatic heterocycles. The van der Waals surface area contributed by atoms with Crippen LogP contribution >= 0.6 is 0 Å². The Morgan fingerprint density at radius 3 is 2.36 bits per heavy atom. The minimum Gasteiger partial charge on any atom is -0.466 e. The number of likely N-dealkylation sites (N-methyl/N-ethyl adjacent to an activating group) is 1. The number of ether oxygens (including phenoxy) is 1. The highest BCUT2D eigenvalue weighted by atomic mass is 16.5. The predicted molar refractivity (Wildman–Crippen MR) is 81.5 cm³/mol. The topological polar surface area (TPSA) is 95.9 Å². The average Bonchev–Trinajstić information content (AvgIpc) is 2.52. The number of esters is 1. The summed E-state index contributed by atoms with van der Waals surface area (Å²) in [5, 5.41) is 22.4. The van der Waals surface area contributed by atoms with Crippen molar-refractivity contribution >= 4 is 11.8 Å². The van der Waals surface area contributed by atoms with Crippen molar-refractivity contribution < 1.29 is 24.5 Å². The molecule has 1 aromatic rings. The molecule has 0 spiro atoms. The molecule has 0 aliphatic carbocycles. The van der Waals surface area contributed by atoms with E-state index >= 15 is 0 Å². The van der Waals surface area contributed by atoms with Crippen molar-refractivity contribution in [1.29, 1.82) is 0 Å². The van der Waals surface area contributed by atoms with Gasteiger partial charge in [0.15, 0.2) is 5.78 Å². The lowest BCUT2D eigenvalue weighted by atomic mass is 10.00. The van der Waals surface area contributed by atoms with Crippen molar-refractivity contribution in [2.24, 2.45) is 0 Å². The highest BCUT2D eigenvalue weighted by molar-refractivity contribution is 5.97. The molecule has 0 saturated heterocycles. The van der Waals surface area contributed by atoms with E-state index in [1.54, 1.807) is 38.2 Å². The number of hydrogen-bond donors (Lipinski definition) is 3. The first-order valence-electron chi connectivity index (χ1n) is 7.29. The van der Waals surface area contributed by atoms with Gasteiger partial charge in [-0.3, -0.25) is 9.59 Å². The first-order valence-corrected chi connectivity index (χ1v) is 7.29. The van der Waals surface area contributed by atoms with Crippen molar-refractivity contribution in [2.75, 3.05) is 20.2 Å². The van der Waals surface area contributed by atoms with Crippen LogP contribution in [-0.4, -0.2) is 48.3 Å². The molecule has 0 heterocycles. The molecule has 0 radical (unpaired) electrons. The van der Waals surface area contributed by atoms with Gasteiger partial charge >= 0.3 is 5.97 Å². The summed E-state index contributed by atoms with van der Waals surface area (Å²) in [7, 11) is 1.68. The number of Topliss-reactive ketones (excluding diaryl/α,β-unsaturated/α-hetero) is 1. The third-order valence-corrected chi connectivity index (χ3v) is 3.21. The number of hydrogen-bond acceptors (Lipinski definition) is 6. The van der Waals surface area contributed by atoms with E-state index in [2.05, 4.69) is 5.32 Å². The molecule has 0 aromatic heterocycles. The summed E-state index contributed by atoms with van der Waals surface area (Å²) < 4.78 is 4.77. The molecule has 0 aliphatic rings. The standard InChI is InChI=1S/C16H23NO5/c1-3-22-15(20)9-8-13(18)11-4-6-12(7-5-11)16(21)14(19)10-17-2/h4-7,14,16-17,19,21H,3,8-10H2,1-2H3. The number of aliphatic hydroxyl groups excluding tert-OH is 2. The molecule has 22 heavy (non-hydrogen) atoms. The minimum absolute atomic E-state index is 0.0535. The van der Waals surface area contributed by atoms with Crippen LogP contribution in [0.4, 0.5) is 0 Å². The maximum Gasteiger partial charge on any atom is 0.306 e. The molecule has 3 N–H and O–H groups in total. The fourth-order valence-corrected chi connectivity index (χ4v) is 2.00. The van der Waals surface area contributed by atoms with Crippen molar-refractivity contribution in [2.45, 2.75) is 32.0 Å². The van der Waals surface area contributed by atoms with Gasteiger partial charge in [-0.2, -0.15) is 0 Å². The zero-order chi connectivity index (χ0) is 16.5. The first kappa shape index (κ1) is 18.3. The quantitative estimate of drug-likeness (QED) is 0.462. The van der Waals surface area contributed by atoms with Crippen molar-refractivity contribution in [3.8, 4) is 0 Å². The summed E-state index contributed by atoms with van der Waals surface area (Å²) in [6.07, 6.45) is -1.80. The van der Waals surface area contributed by atoms with E-state index in [-0.39, 0.29) is 25.2 Å². The summed E-state index contributed by atoms with van der Waals surface area (Å²) >= 11 is 0. The highest BCUT2D eigenvalue weighted by Crippen LogP contribution is 2.18. The number of nitrogens with one attached hydrogen (secondary N) is 1. The second-order valence-corrected chi connectivity index (χ2v) is 4.92. The third kappa shape index (κ3) is 5.55. The molecule has 1 rings (SSSR count).